The van der Waals surface area contributed by atoms with Gasteiger partial charge in [0.15, 0.2) is 0 Å². The zero-order valence-electron chi connectivity index (χ0n) is 13.5. The molecule has 0 aliphatic carbocycles. The minimum absolute atomic E-state index is 0.0589. The quantitative estimate of drug-likeness (QED) is 0.809. The third kappa shape index (κ3) is 3.35. The van der Waals surface area contributed by atoms with Crippen LogP contribution in [0.2, 0.25) is 0 Å². The Bertz CT molecular complexity index is 513. The van der Waals surface area contributed by atoms with Gasteiger partial charge in [0.2, 0.25) is 5.91 Å². The number of pyridine rings is 1. The lowest BCUT2D eigenvalue weighted by Gasteiger charge is -2.42. The molecule has 2 rings (SSSR count). The van der Waals surface area contributed by atoms with Gasteiger partial charge in [-0.05, 0) is 50.9 Å². The summed E-state index contributed by atoms with van der Waals surface area (Å²) in [5.41, 5.74) is 1.75. The average molecular weight is 290 g/mol. The first kappa shape index (κ1) is 15.8. The van der Waals surface area contributed by atoms with E-state index < -0.39 is 5.54 Å². The van der Waals surface area contributed by atoms with E-state index in [0.29, 0.717) is 6.54 Å². The van der Waals surface area contributed by atoms with E-state index in [1.54, 1.807) is 0 Å². The number of nitrogens with zero attached hydrogens (tertiary/aromatic N) is 2. The van der Waals surface area contributed by atoms with Gasteiger partial charge >= 0.3 is 0 Å². The standard InChI is InChI=1S/C16H26N4O/c1-5-6-17-10-13-9-12(2)14(19-11-13)20-8-7-18-15(21)16(20,3)4/h9,11,17H,5-8,10H2,1-4H3,(H,18,21). The Labute approximate surface area is 127 Å². The van der Waals surface area contributed by atoms with E-state index in [0.717, 1.165) is 37.4 Å². The van der Waals surface area contributed by atoms with Crippen LogP contribution >= 0.6 is 0 Å². The van der Waals surface area contributed by atoms with E-state index in [1.165, 1.54) is 5.56 Å². The number of carbonyl (C=O) groups excluding carboxylic acids is 1. The molecule has 21 heavy (non-hydrogen) atoms. The number of aromatic nitrogens is 1. The van der Waals surface area contributed by atoms with E-state index >= 15 is 0 Å². The summed E-state index contributed by atoms with van der Waals surface area (Å²) >= 11 is 0. The van der Waals surface area contributed by atoms with Crippen LogP contribution in [-0.4, -0.2) is 36.1 Å². The van der Waals surface area contributed by atoms with Crippen LogP contribution in [0.25, 0.3) is 0 Å². The highest BCUT2D eigenvalue weighted by Crippen LogP contribution is 2.27. The molecule has 1 amide bonds. The number of hydrogen-bond acceptors (Lipinski definition) is 4. The topological polar surface area (TPSA) is 57.3 Å². The third-order valence-corrected chi connectivity index (χ3v) is 3.97. The summed E-state index contributed by atoms with van der Waals surface area (Å²) in [6.07, 6.45) is 3.04. The van der Waals surface area contributed by atoms with Gasteiger partial charge in [-0.3, -0.25) is 4.79 Å². The Morgan fingerprint density at radius 3 is 2.90 bits per heavy atom. The Morgan fingerprint density at radius 1 is 1.48 bits per heavy atom. The number of amides is 1. The van der Waals surface area contributed by atoms with Gasteiger partial charge in [0.05, 0.1) is 0 Å². The molecule has 0 atom stereocenters. The maximum Gasteiger partial charge on any atom is 0.245 e. The van der Waals surface area contributed by atoms with Crippen LogP contribution in [0, 0.1) is 6.92 Å². The van der Waals surface area contributed by atoms with Crippen LogP contribution in [0.1, 0.15) is 38.3 Å². The number of carbonyl (C=O) groups is 1. The maximum absolute atomic E-state index is 12.1. The first-order chi connectivity index (χ1) is 9.96. The molecule has 5 heteroatoms. The van der Waals surface area contributed by atoms with Crippen LogP contribution in [-0.2, 0) is 11.3 Å². The van der Waals surface area contributed by atoms with Crippen LogP contribution in [0.4, 0.5) is 5.82 Å². The molecule has 1 fully saturated rings. The lowest BCUT2D eigenvalue weighted by Crippen LogP contribution is -2.62. The molecular weight excluding hydrogens is 264 g/mol. The fourth-order valence-corrected chi connectivity index (χ4v) is 2.68. The predicted molar refractivity (Wildman–Crippen MR) is 85.4 cm³/mol. The number of anilines is 1. The molecule has 1 aliphatic rings. The van der Waals surface area contributed by atoms with Gasteiger partial charge in [-0.1, -0.05) is 6.92 Å². The van der Waals surface area contributed by atoms with Gasteiger partial charge < -0.3 is 15.5 Å². The summed E-state index contributed by atoms with van der Waals surface area (Å²) in [5, 5.41) is 6.30. The van der Waals surface area contributed by atoms with E-state index in [-0.39, 0.29) is 5.91 Å². The van der Waals surface area contributed by atoms with E-state index in [1.807, 2.05) is 20.0 Å². The monoisotopic (exact) mass is 290 g/mol. The molecular formula is C16H26N4O. The molecule has 1 aliphatic heterocycles. The Kier molecular flexibility index (Phi) is 4.83. The van der Waals surface area contributed by atoms with E-state index in [2.05, 4.69) is 40.4 Å². The number of hydrogen-bond donors (Lipinski definition) is 2. The third-order valence-electron chi connectivity index (χ3n) is 3.97. The highest BCUT2D eigenvalue weighted by molar-refractivity contribution is 5.90. The van der Waals surface area contributed by atoms with Gasteiger partial charge in [0.25, 0.3) is 0 Å². The summed E-state index contributed by atoms with van der Waals surface area (Å²) in [6, 6.07) is 2.16. The minimum atomic E-state index is -0.558. The Balaban J connectivity index is 2.18. The first-order valence-electron chi connectivity index (χ1n) is 7.69. The molecule has 2 heterocycles. The smallest absolute Gasteiger partial charge is 0.245 e. The number of nitrogens with one attached hydrogen (secondary N) is 2. The number of piperazine rings is 1. The van der Waals surface area contributed by atoms with Crippen molar-refractivity contribution >= 4 is 11.7 Å². The summed E-state index contributed by atoms with van der Waals surface area (Å²) in [6.45, 7) is 11.4. The van der Waals surface area contributed by atoms with Gasteiger partial charge in [-0.25, -0.2) is 4.98 Å². The fourth-order valence-electron chi connectivity index (χ4n) is 2.68. The van der Waals surface area contributed by atoms with Crippen LogP contribution < -0.4 is 15.5 Å². The lowest BCUT2D eigenvalue weighted by atomic mass is 9.98. The van der Waals surface area contributed by atoms with Crippen molar-refractivity contribution in [2.45, 2.75) is 46.2 Å². The van der Waals surface area contributed by atoms with Gasteiger partial charge in [0, 0.05) is 25.8 Å². The van der Waals surface area contributed by atoms with E-state index in [9.17, 15) is 4.79 Å². The normalized spacial score (nSPS) is 17.7. The summed E-state index contributed by atoms with van der Waals surface area (Å²) in [4.78, 5) is 18.8. The fraction of sp³-hybridized carbons (Fsp3) is 0.625. The SMILES string of the molecule is CCCNCc1cnc(N2CCNC(=O)C2(C)C)c(C)c1. The number of aryl methyl sites for hydroxylation is 1. The van der Waals surface area contributed by atoms with Crippen molar-refractivity contribution in [3.8, 4) is 0 Å². The number of rotatable bonds is 5. The first-order valence-corrected chi connectivity index (χ1v) is 7.69. The predicted octanol–water partition coefficient (Wildman–Crippen LogP) is 1.60. The molecule has 1 saturated heterocycles. The van der Waals surface area contributed by atoms with Crippen molar-refractivity contribution in [1.29, 1.82) is 0 Å². The highest BCUT2D eigenvalue weighted by Gasteiger charge is 2.38. The van der Waals surface area contributed by atoms with Crippen LogP contribution in [0.15, 0.2) is 12.3 Å². The molecule has 0 unspecified atom stereocenters. The van der Waals surface area contributed by atoms with Crippen molar-refractivity contribution in [3.05, 3.63) is 23.4 Å². The van der Waals surface area contributed by atoms with Crippen molar-refractivity contribution in [1.82, 2.24) is 15.6 Å². The zero-order valence-corrected chi connectivity index (χ0v) is 13.5. The second-order valence-electron chi connectivity index (χ2n) is 6.13. The van der Waals surface area contributed by atoms with Crippen LogP contribution in [0.3, 0.4) is 0 Å². The van der Waals surface area contributed by atoms with Crippen molar-refractivity contribution in [3.63, 3.8) is 0 Å². The second-order valence-corrected chi connectivity index (χ2v) is 6.13. The molecule has 5 nitrogen and oxygen atoms in total. The molecule has 1 aromatic heterocycles. The van der Waals surface area contributed by atoms with Gasteiger partial charge in [-0.15, -0.1) is 0 Å². The summed E-state index contributed by atoms with van der Waals surface area (Å²) < 4.78 is 0. The molecule has 0 bridgehead atoms. The summed E-state index contributed by atoms with van der Waals surface area (Å²) in [5.74, 6) is 0.970. The van der Waals surface area contributed by atoms with Crippen LogP contribution in [0.5, 0.6) is 0 Å². The van der Waals surface area contributed by atoms with Gasteiger partial charge in [0.1, 0.15) is 11.4 Å². The highest BCUT2D eigenvalue weighted by atomic mass is 16.2. The molecule has 0 radical (unpaired) electrons. The van der Waals surface area contributed by atoms with Gasteiger partial charge in [-0.2, -0.15) is 0 Å². The second kappa shape index (κ2) is 6.43. The lowest BCUT2D eigenvalue weighted by molar-refractivity contribution is -0.126. The largest absolute Gasteiger partial charge is 0.352 e. The maximum atomic E-state index is 12.1. The molecule has 1 aromatic rings. The molecule has 116 valence electrons. The van der Waals surface area contributed by atoms with Crippen molar-refractivity contribution in [2.24, 2.45) is 0 Å². The molecule has 0 spiro atoms. The average Bonchev–Trinajstić information content (AvgIpc) is 2.43. The van der Waals surface area contributed by atoms with Crippen molar-refractivity contribution < 1.29 is 4.79 Å². The van der Waals surface area contributed by atoms with Crippen molar-refractivity contribution in [2.75, 3.05) is 24.5 Å². The Hall–Kier alpha value is -1.62. The zero-order chi connectivity index (χ0) is 15.5. The minimum Gasteiger partial charge on any atom is -0.352 e. The van der Waals surface area contributed by atoms with E-state index in [4.69, 9.17) is 0 Å². The molecule has 0 aromatic carbocycles. The molecule has 2 N–H and O–H groups in total. The molecule has 0 saturated carbocycles. The summed E-state index contributed by atoms with van der Waals surface area (Å²) in [7, 11) is 0. The Morgan fingerprint density at radius 2 is 2.24 bits per heavy atom.